The maximum atomic E-state index is 13.1. The molecular formula is C15H19N3O2S2. The van der Waals surface area contributed by atoms with Gasteiger partial charge in [0.2, 0.25) is 0 Å². The fourth-order valence-corrected chi connectivity index (χ4v) is 5.62. The summed E-state index contributed by atoms with van der Waals surface area (Å²) in [6.07, 6.45) is 1.58. The summed E-state index contributed by atoms with van der Waals surface area (Å²) in [7, 11) is -1.87. The van der Waals surface area contributed by atoms with Gasteiger partial charge in [-0.25, -0.2) is 4.98 Å². The first kappa shape index (κ1) is 15.4. The third kappa shape index (κ3) is 2.32. The molecule has 3 rings (SSSR count). The van der Waals surface area contributed by atoms with Crippen LogP contribution in [0.25, 0.3) is 0 Å². The molecule has 0 saturated carbocycles. The van der Waals surface area contributed by atoms with E-state index in [-0.39, 0.29) is 16.3 Å². The van der Waals surface area contributed by atoms with Gasteiger partial charge in [0.25, 0.3) is 10.0 Å². The topological polar surface area (TPSA) is 55.2 Å². The molecule has 0 fully saturated rings. The van der Waals surface area contributed by atoms with Crippen molar-refractivity contribution < 1.29 is 8.42 Å². The van der Waals surface area contributed by atoms with Crippen molar-refractivity contribution in [1.29, 1.82) is 0 Å². The fourth-order valence-electron chi connectivity index (χ4n) is 2.55. The summed E-state index contributed by atoms with van der Waals surface area (Å²) in [5.41, 5.74) is 0.737. The number of rotatable bonds is 2. The zero-order valence-corrected chi connectivity index (χ0v) is 14.6. The second kappa shape index (κ2) is 5.31. The smallest absolute Gasteiger partial charge is 0.283 e. The van der Waals surface area contributed by atoms with E-state index in [0.29, 0.717) is 5.82 Å². The van der Waals surface area contributed by atoms with E-state index in [2.05, 4.69) is 11.9 Å². The lowest BCUT2D eigenvalue weighted by Gasteiger charge is -2.38. The van der Waals surface area contributed by atoms with Gasteiger partial charge in [-0.2, -0.15) is 8.42 Å². The molecule has 1 aromatic carbocycles. The molecule has 2 heterocycles. The van der Waals surface area contributed by atoms with Crippen LogP contribution in [0.3, 0.4) is 0 Å². The van der Waals surface area contributed by atoms with E-state index in [1.807, 2.05) is 31.2 Å². The summed E-state index contributed by atoms with van der Waals surface area (Å²) in [5.74, 6) is 0.680. The van der Waals surface area contributed by atoms with Gasteiger partial charge in [0, 0.05) is 23.4 Å². The van der Waals surface area contributed by atoms with Crippen molar-refractivity contribution in [3.8, 4) is 0 Å². The van der Waals surface area contributed by atoms with Crippen LogP contribution >= 0.6 is 11.8 Å². The number of sulfonamides is 1. The summed E-state index contributed by atoms with van der Waals surface area (Å²) in [6.45, 7) is 5.80. The number of fused-ring (bicyclic) bond motifs is 1. The molecule has 0 unspecified atom stereocenters. The SMILES string of the molecule is Cc1nc(S(=O)(=O)N2c3ccccc3S[C@@H](C)[C@@H]2C)cn1C. The van der Waals surface area contributed by atoms with E-state index >= 15 is 0 Å². The van der Waals surface area contributed by atoms with E-state index in [9.17, 15) is 8.42 Å². The molecule has 2 aromatic rings. The molecule has 118 valence electrons. The Kier molecular flexibility index (Phi) is 3.72. The first-order valence-electron chi connectivity index (χ1n) is 7.12. The largest absolute Gasteiger partial charge is 0.337 e. The number of para-hydroxylation sites is 1. The van der Waals surface area contributed by atoms with Crippen LogP contribution in [0.1, 0.15) is 19.7 Å². The Morgan fingerprint density at radius 2 is 1.91 bits per heavy atom. The fraction of sp³-hybridized carbons (Fsp3) is 0.400. The van der Waals surface area contributed by atoms with E-state index in [4.69, 9.17) is 0 Å². The zero-order valence-electron chi connectivity index (χ0n) is 13.0. The molecule has 1 aromatic heterocycles. The van der Waals surface area contributed by atoms with Crippen LogP contribution in [-0.2, 0) is 17.1 Å². The van der Waals surface area contributed by atoms with Crippen LogP contribution < -0.4 is 4.31 Å². The highest BCUT2D eigenvalue weighted by molar-refractivity contribution is 8.00. The summed E-state index contributed by atoms with van der Waals surface area (Å²) in [4.78, 5) is 5.21. The molecule has 0 aliphatic carbocycles. The van der Waals surface area contributed by atoms with Gasteiger partial charge in [-0.3, -0.25) is 4.31 Å². The lowest BCUT2D eigenvalue weighted by atomic mass is 10.2. The number of hydrogen-bond donors (Lipinski definition) is 0. The van der Waals surface area contributed by atoms with Gasteiger partial charge >= 0.3 is 0 Å². The van der Waals surface area contributed by atoms with Crippen molar-refractivity contribution in [3.63, 3.8) is 0 Å². The Hall–Kier alpha value is -1.47. The molecular weight excluding hydrogens is 318 g/mol. The van der Waals surface area contributed by atoms with Gasteiger partial charge in [-0.05, 0) is 26.0 Å². The van der Waals surface area contributed by atoms with Crippen LogP contribution in [0.15, 0.2) is 40.4 Å². The molecule has 0 spiro atoms. The quantitative estimate of drug-likeness (QED) is 0.845. The number of aromatic nitrogens is 2. The van der Waals surface area contributed by atoms with Gasteiger partial charge in [0.1, 0.15) is 5.82 Å². The number of thioether (sulfide) groups is 1. The van der Waals surface area contributed by atoms with Gasteiger partial charge in [0.15, 0.2) is 5.03 Å². The summed E-state index contributed by atoms with van der Waals surface area (Å²) >= 11 is 1.71. The minimum absolute atomic E-state index is 0.105. The van der Waals surface area contributed by atoms with Crippen LogP contribution in [0.5, 0.6) is 0 Å². The average molecular weight is 337 g/mol. The van der Waals surface area contributed by atoms with Crippen LogP contribution in [0.4, 0.5) is 5.69 Å². The summed E-state index contributed by atoms with van der Waals surface area (Å²) in [6, 6.07) is 7.50. The minimum atomic E-state index is -3.67. The van der Waals surface area contributed by atoms with Gasteiger partial charge < -0.3 is 4.57 Å². The van der Waals surface area contributed by atoms with Crippen molar-refractivity contribution in [2.45, 2.75) is 42.0 Å². The predicted molar refractivity (Wildman–Crippen MR) is 88.8 cm³/mol. The third-order valence-corrected chi connectivity index (χ3v) is 7.21. The molecule has 1 aliphatic rings. The molecule has 22 heavy (non-hydrogen) atoms. The number of anilines is 1. The van der Waals surface area contributed by atoms with Gasteiger partial charge in [-0.1, -0.05) is 19.1 Å². The molecule has 2 atom stereocenters. The Bertz CT molecular complexity index is 794. The van der Waals surface area contributed by atoms with E-state index in [0.717, 1.165) is 10.6 Å². The monoisotopic (exact) mass is 337 g/mol. The Morgan fingerprint density at radius 3 is 2.55 bits per heavy atom. The van der Waals surface area contributed by atoms with Crippen molar-refractivity contribution in [2.24, 2.45) is 7.05 Å². The summed E-state index contributed by atoms with van der Waals surface area (Å²) < 4.78 is 29.5. The molecule has 0 N–H and O–H groups in total. The number of aryl methyl sites for hydroxylation is 2. The number of benzene rings is 1. The molecule has 0 bridgehead atoms. The Labute approximate surface area is 135 Å². The summed E-state index contributed by atoms with van der Waals surface area (Å²) in [5, 5.41) is 0.280. The zero-order chi connectivity index (χ0) is 16.1. The highest BCUT2D eigenvalue weighted by Crippen LogP contribution is 2.43. The second-order valence-electron chi connectivity index (χ2n) is 5.57. The number of hydrogen-bond acceptors (Lipinski definition) is 4. The standard InChI is InChI=1S/C15H19N3O2S2/c1-10-11(2)21-14-8-6-5-7-13(14)18(10)22(19,20)15-9-17(4)12(3)16-15/h5-11H,1-4H3/t10-,11-/m0/s1. The average Bonchev–Trinajstić information content (AvgIpc) is 2.80. The van der Waals surface area contributed by atoms with Crippen molar-refractivity contribution in [2.75, 3.05) is 4.31 Å². The number of imidazole rings is 1. The van der Waals surface area contributed by atoms with Crippen molar-refractivity contribution in [3.05, 3.63) is 36.3 Å². The second-order valence-corrected chi connectivity index (χ2v) is 8.75. The van der Waals surface area contributed by atoms with Crippen LogP contribution in [-0.4, -0.2) is 29.3 Å². The van der Waals surface area contributed by atoms with Crippen molar-refractivity contribution in [1.82, 2.24) is 9.55 Å². The Morgan fingerprint density at radius 1 is 1.23 bits per heavy atom. The molecule has 1 aliphatic heterocycles. The maximum Gasteiger partial charge on any atom is 0.283 e. The van der Waals surface area contributed by atoms with Gasteiger partial charge in [-0.15, -0.1) is 11.8 Å². The minimum Gasteiger partial charge on any atom is -0.337 e. The lowest BCUT2D eigenvalue weighted by molar-refractivity contribution is 0.573. The van der Waals surface area contributed by atoms with Crippen LogP contribution in [0, 0.1) is 6.92 Å². The van der Waals surface area contributed by atoms with E-state index in [1.54, 1.807) is 36.5 Å². The predicted octanol–water partition coefficient (Wildman–Crippen LogP) is 2.81. The van der Waals surface area contributed by atoms with Crippen molar-refractivity contribution >= 4 is 27.5 Å². The first-order chi connectivity index (χ1) is 10.3. The molecule has 0 radical (unpaired) electrons. The normalized spacial score (nSPS) is 21.7. The first-order valence-corrected chi connectivity index (χ1v) is 9.44. The Balaban J connectivity index is 2.17. The molecule has 0 saturated heterocycles. The molecule has 0 amide bonds. The van der Waals surface area contributed by atoms with E-state index in [1.165, 1.54) is 4.31 Å². The molecule has 5 nitrogen and oxygen atoms in total. The third-order valence-electron chi connectivity index (χ3n) is 4.07. The highest BCUT2D eigenvalue weighted by atomic mass is 32.2. The van der Waals surface area contributed by atoms with Gasteiger partial charge in [0.05, 0.1) is 11.7 Å². The maximum absolute atomic E-state index is 13.1. The van der Waals surface area contributed by atoms with Crippen LogP contribution in [0.2, 0.25) is 0 Å². The lowest BCUT2D eigenvalue weighted by Crippen LogP contribution is -2.46. The van der Waals surface area contributed by atoms with E-state index < -0.39 is 10.0 Å². The highest BCUT2D eigenvalue weighted by Gasteiger charge is 2.38. The molecule has 7 heteroatoms. The number of nitrogens with zero attached hydrogens (tertiary/aromatic N) is 3.